The summed E-state index contributed by atoms with van der Waals surface area (Å²) >= 11 is 0. The largest absolute Gasteiger partial charge is 0.352 e. The zero-order chi connectivity index (χ0) is 24.5. The van der Waals surface area contributed by atoms with Crippen LogP contribution in [0.4, 0.5) is 5.69 Å². The molecular formula is C29H31N3O3. The number of carbonyl (C=O) groups excluding carboxylic acids is 3. The second-order valence-electron chi connectivity index (χ2n) is 9.75. The third-order valence-electron chi connectivity index (χ3n) is 7.25. The monoisotopic (exact) mass is 469 g/mol. The van der Waals surface area contributed by atoms with Gasteiger partial charge in [-0.25, -0.2) is 0 Å². The van der Waals surface area contributed by atoms with Crippen LogP contribution in [0.2, 0.25) is 0 Å². The molecule has 2 aliphatic rings. The first kappa shape index (κ1) is 23.1. The van der Waals surface area contributed by atoms with E-state index in [-0.39, 0.29) is 30.3 Å². The number of benzene rings is 3. The average molecular weight is 470 g/mol. The maximum absolute atomic E-state index is 13.7. The summed E-state index contributed by atoms with van der Waals surface area (Å²) in [5, 5.41) is 4.99. The molecule has 1 atom stereocenters. The maximum atomic E-state index is 13.7. The van der Waals surface area contributed by atoms with Crippen LogP contribution in [-0.2, 0) is 16.1 Å². The van der Waals surface area contributed by atoms with Crippen LogP contribution < -0.4 is 10.2 Å². The Hall–Kier alpha value is -3.67. The number of anilines is 1. The minimum absolute atomic E-state index is 0.112. The number of aryl methyl sites for hydroxylation is 1. The van der Waals surface area contributed by atoms with Crippen LogP contribution in [0.3, 0.4) is 0 Å². The van der Waals surface area contributed by atoms with E-state index in [0.29, 0.717) is 12.1 Å². The van der Waals surface area contributed by atoms with Crippen molar-refractivity contribution in [3.63, 3.8) is 0 Å². The zero-order valence-corrected chi connectivity index (χ0v) is 20.3. The molecule has 1 fully saturated rings. The number of rotatable bonds is 7. The van der Waals surface area contributed by atoms with Crippen molar-refractivity contribution in [2.24, 2.45) is 0 Å². The van der Waals surface area contributed by atoms with Gasteiger partial charge in [-0.1, -0.05) is 66.9 Å². The van der Waals surface area contributed by atoms with Gasteiger partial charge >= 0.3 is 0 Å². The summed E-state index contributed by atoms with van der Waals surface area (Å²) in [5.41, 5.74) is 3.41. The lowest BCUT2D eigenvalue weighted by molar-refractivity contribution is -0.139. The van der Waals surface area contributed by atoms with Gasteiger partial charge < -0.3 is 10.2 Å². The van der Waals surface area contributed by atoms with E-state index in [9.17, 15) is 14.4 Å². The Morgan fingerprint density at radius 2 is 1.77 bits per heavy atom. The van der Waals surface area contributed by atoms with Crippen molar-refractivity contribution in [1.29, 1.82) is 0 Å². The molecule has 6 nitrogen and oxygen atoms in total. The average Bonchev–Trinajstić information content (AvgIpc) is 3.46. The van der Waals surface area contributed by atoms with Crippen molar-refractivity contribution >= 4 is 34.2 Å². The number of nitrogens with one attached hydrogen (secondary N) is 1. The molecule has 1 N–H and O–H groups in total. The minimum atomic E-state index is -0.653. The first-order valence-corrected chi connectivity index (χ1v) is 12.4. The van der Waals surface area contributed by atoms with Crippen LogP contribution in [0.25, 0.3) is 10.8 Å². The molecule has 0 aromatic heterocycles. The molecule has 5 rings (SSSR count). The van der Waals surface area contributed by atoms with E-state index in [1.54, 1.807) is 22.8 Å². The predicted octanol–water partition coefficient (Wildman–Crippen LogP) is 4.58. The van der Waals surface area contributed by atoms with Crippen LogP contribution in [0, 0.1) is 6.92 Å². The topological polar surface area (TPSA) is 69.7 Å². The summed E-state index contributed by atoms with van der Waals surface area (Å²) < 4.78 is 0. The number of hydrogen-bond acceptors (Lipinski definition) is 3. The Kier molecular flexibility index (Phi) is 6.29. The van der Waals surface area contributed by atoms with Gasteiger partial charge in [-0.3, -0.25) is 19.3 Å². The second kappa shape index (κ2) is 9.53. The molecule has 1 aliphatic heterocycles. The maximum Gasteiger partial charge on any atom is 0.259 e. The van der Waals surface area contributed by atoms with E-state index in [1.807, 2.05) is 61.5 Å². The van der Waals surface area contributed by atoms with E-state index in [2.05, 4.69) is 5.32 Å². The zero-order valence-electron chi connectivity index (χ0n) is 20.3. The summed E-state index contributed by atoms with van der Waals surface area (Å²) in [6, 6.07) is 18.9. The highest BCUT2D eigenvalue weighted by Crippen LogP contribution is 2.37. The molecular weight excluding hydrogens is 438 g/mol. The van der Waals surface area contributed by atoms with E-state index in [0.717, 1.165) is 53.3 Å². The quantitative estimate of drug-likeness (QED) is 0.551. The van der Waals surface area contributed by atoms with Crippen LogP contribution in [0.5, 0.6) is 0 Å². The second-order valence-corrected chi connectivity index (χ2v) is 9.75. The predicted molar refractivity (Wildman–Crippen MR) is 137 cm³/mol. The third-order valence-corrected chi connectivity index (χ3v) is 7.25. The molecule has 180 valence electrons. The van der Waals surface area contributed by atoms with Crippen molar-refractivity contribution in [3.8, 4) is 0 Å². The number of hydrogen-bond donors (Lipinski definition) is 1. The van der Waals surface area contributed by atoms with Crippen molar-refractivity contribution in [1.82, 2.24) is 10.2 Å². The highest BCUT2D eigenvalue weighted by Gasteiger charge is 2.34. The Morgan fingerprint density at radius 3 is 2.51 bits per heavy atom. The summed E-state index contributed by atoms with van der Waals surface area (Å²) in [6.07, 6.45) is 4.20. The van der Waals surface area contributed by atoms with Crippen molar-refractivity contribution < 1.29 is 14.4 Å². The molecule has 1 heterocycles. The molecule has 35 heavy (non-hydrogen) atoms. The number of carbonyl (C=O) groups is 3. The molecule has 3 amide bonds. The van der Waals surface area contributed by atoms with Crippen molar-refractivity contribution in [2.45, 2.75) is 58.2 Å². The Bertz CT molecular complexity index is 1290. The lowest BCUT2D eigenvalue weighted by atomic mass is 10.1. The van der Waals surface area contributed by atoms with E-state index in [4.69, 9.17) is 0 Å². The normalized spacial score (nSPS) is 16.1. The van der Waals surface area contributed by atoms with Gasteiger partial charge in [0.25, 0.3) is 5.91 Å². The smallest absolute Gasteiger partial charge is 0.259 e. The van der Waals surface area contributed by atoms with Crippen molar-refractivity contribution in [3.05, 3.63) is 77.4 Å². The van der Waals surface area contributed by atoms with E-state index >= 15 is 0 Å². The van der Waals surface area contributed by atoms with Gasteiger partial charge in [-0.2, -0.15) is 0 Å². The molecule has 1 saturated carbocycles. The molecule has 6 heteroatoms. The lowest BCUT2D eigenvalue weighted by Crippen LogP contribution is -2.52. The highest BCUT2D eigenvalue weighted by molar-refractivity contribution is 6.26. The first-order valence-electron chi connectivity index (χ1n) is 12.4. The molecule has 0 unspecified atom stereocenters. The molecule has 0 spiro atoms. The summed E-state index contributed by atoms with van der Waals surface area (Å²) in [6.45, 7) is 3.98. The Morgan fingerprint density at radius 1 is 1.06 bits per heavy atom. The Balaban J connectivity index is 1.41. The van der Waals surface area contributed by atoms with Gasteiger partial charge in [-0.05, 0) is 49.8 Å². The fourth-order valence-corrected chi connectivity index (χ4v) is 5.34. The molecule has 0 saturated heterocycles. The van der Waals surface area contributed by atoms with E-state index in [1.165, 1.54) is 0 Å². The highest BCUT2D eigenvalue weighted by atomic mass is 16.2. The standard InChI is InChI=1S/C29H31N3O3/c1-19-8-5-9-21(16-19)17-31(20(2)28(34)30-23-12-3-4-13-23)26(33)18-32-25-15-7-11-22-10-6-14-24(27(22)25)29(32)35/h5-11,14-16,20,23H,3-4,12-13,17-18H2,1-2H3,(H,30,34)/t20-/m0/s1. The summed E-state index contributed by atoms with van der Waals surface area (Å²) in [5.74, 6) is -0.571. The van der Waals surface area contributed by atoms with Gasteiger partial charge in [-0.15, -0.1) is 0 Å². The van der Waals surface area contributed by atoms with Gasteiger partial charge in [0.15, 0.2) is 0 Å². The van der Waals surface area contributed by atoms with Gasteiger partial charge in [0.2, 0.25) is 11.8 Å². The Labute approximate surface area is 205 Å². The number of amides is 3. The van der Waals surface area contributed by atoms with Crippen LogP contribution >= 0.6 is 0 Å². The van der Waals surface area contributed by atoms with Crippen LogP contribution in [0.1, 0.15) is 54.1 Å². The van der Waals surface area contributed by atoms with Gasteiger partial charge in [0.05, 0.1) is 5.69 Å². The molecule has 0 radical (unpaired) electrons. The molecule has 1 aliphatic carbocycles. The number of nitrogens with zero attached hydrogens (tertiary/aromatic N) is 2. The van der Waals surface area contributed by atoms with Gasteiger partial charge in [0, 0.05) is 23.5 Å². The molecule has 3 aromatic carbocycles. The lowest BCUT2D eigenvalue weighted by Gasteiger charge is -2.31. The summed E-state index contributed by atoms with van der Waals surface area (Å²) in [4.78, 5) is 43.3. The fraction of sp³-hybridized carbons (Fsp3) is 0.345. The summed E-state index contributed by atoms with van der Waals surface area (Å²) in [7, 11) is 0. The third kappa shape index (κ3) is 4.53. The van der Waals surface area contributed by atoms with E-state index < -0.39 is 6.04 Å². The van der Waals surface area contributed by atoms with Gasteiger partial charge in [0.1, 0.15) is 12.6 Å². The van der Waals surface area contributed by atoms with Crippen LogP contribution in [0.15, 0.2) is 60.7 Å². The van der Waals surface area contributed by atoms with Crippen molar-refractivity contribution in [2.75, 3.05) is 11.4 Å². The first-order chi connectivity index (χ1) is 16.9. The molecule has 0 bridgehead atoms. The minimum Gasteiger partial charge on any atom is -0.352 e. The van der Waals surface area contributed by atoms with Crippen LogP contribution in [-0.4, -0.2) is 41.2 Å². The fourth-order valence-electron chi connectivity index (χ4n) is 5.34. The SMILES string of the molecule is Cc1cccc(CN(C(=O)CN2C(=O)c3cccc4cccc2c34)[C@@H](C)C(=O)NC2CCCC2)c1. The molecule has 3 aromatic rings.